The highest BCUT2D eigenvalue weighted by molar-refractivity contribution is 14.0. The predicted octanol–water partition coefficient (Wildman–Crippen LogP) is 3.69. The van der Waals surface area contributed by atoms with Crippen LogP contribution in [0.2, 0.25) is 0 Å². The van der Waals surface area contributed by atoms with Crippen LogP contribution in [0.15, 0.2) is 29.4 Å². The summed E-state index contributed by atoms with van der Waals surface area (Å²) in [6.07, 6.45) is -1.34. The number of aliphatic imine (C=N–C) groups is 1. The van der Waals surface area contributed by atoms with Crippen molar-refractivity contribution in [3.63, 3.8) is 0 Å². The second kappa shape index (κ2) is 11.5. The number of likely N-dealkylation sites (N-methyl/N-ethyl adjacent to an activating group) is 1. The molecule has 2 rings (SSSR count). The highest BCUT2D eigenvalue weighted by Gasteiger charge is 2.28. The number of benzene rings is 1. The Hall–Kier alpha value is -1.49. The molecule has 0 aliphatic carbocycles. The van der Waals surface area contributed by atoms with Gasteiger partial charge in [0.2, 0.25) is 0 Å². The maximum Gasteiger partial charge on any atom is 0.401 e. The molecule has 0 radical (unpaired) electrons. The summed E-state index contributed by atoms with van der Waals surface area (Å²) in [5.41, 5.74) is 3.59. The molecule has 1 heterocycles. The molecule has 5 nitrogen and oxygen atoms in total. The zero-order chi connectivity index (χ0) is 19.9. The molecule has 0 unspecified atom stereocenters. The maximum absolute atomic E-state index is 12.3. The van der Waals surface area contributed by atoms with E-state index in [1.165, 1.54) is 28.5 Å². The van der Waals surface area contributed by atoms with Crippen LogP contribution in [0.4, 0.5) is 13.2 Å². The Kier molecular flexibility index (Phi) is 10.1. The SMILES string of the molecule is CCNC(=NCCN(C)CC(F)(F)F)NCCc1c[nH]c2cccc(C)c12.I. The van der Waals surface area contributed by atoms with Gasteiger partial charge in [0.1, 0.15) is 0 Å². The zero-order valence-corrected chi connectivity index (χ0v) is 18.8. The fourth-order valence-corrected chi connectivity index (χ4v) is 3.02. The van der Waals surface area contributed by atoms with Crippen LogP contribution in [-0.2, 0) is 6.42 Å². The number of rotatable bonds is 8. The second-order valence-corrected chi connectivity index (χ2v) is 6.60. The van der Waals surface area contributed by atoms with Crippen LogP contribution in [-0.4, -0.2) is 61.8 Å². The summed E-state index contributed by atoms with van der Waals surface area (Å²) in [7, 11) is 1.45. The molecule has 28 heavy (non-hydrogen) atoms. The average Bonchev–Trinajstić information content (AvgIpc) is 2.98. The summed E-state index contributed by atoms with van der Waals surface area (Å²) in [5.74, 6) is 0.620. The fraction of sp³-hybridized carbons (Fsp3) is 0.526. The molecule has 1 aromatic heterocycles. The van der Waals surface area contributed by atoms with Crippen LogP contribution >= 0.6 is 24.0 Å². The molecule has 0 fully saturated rings. The van der Waals surface area contributed by atoms with Crippen molar-refractivity contribution >= 4 is 40.8 Å². The number of alkyl halides is 3. The predicted molar refractivity (Wildman–Crippen MR) is 120 cm³/mol. The molecule has 158 valence electrons. The van der Waals surface area contributed by atoms with Crippen molar-refractivity contribution in [3.05, 3.63) is 35.5 Å². The third-order valence-corrected chi connectivity index (χ3v) is 4.23. The van der Waals surface area contributed by atoms with Crippen molar-refractivity contribution in [1.82, 2.24) is 20.5 Å². The standard InChI is InChI=1S/C19H28F3N5.HI/c1-4-23-18(25-10-11-27(3)13-19(20,21)22)24-9-8-15-12-26-16-7-5-6-14(2)17(15)16;/h5-7,12,26H,4,8-11,13H2,1-3H3,(H2,23,24,25);1H. The summed E-state index contributed by atoms with van der Waals surface area (Å²) in [4.78, 5) is 8.87. The Labute approximate surface area is 181 Å². The molecule has 2 aromatic rings. The topological polar surface area (TPSA) is 55.5 Å². The number of nitrogens with zero attached hydrogens (tertiary/aromatic N) is 2. The van der Waals surface area contributed by atoms with Gasteiger partial charge in [-0.3, -0.25) is 9.89 Å². The van der Waals surface area contributed by atoms with Crippen LogP contribution in [0.25, 0.3) is 10.9 Å². The Morgan fingerprint density at radius 3 is 2.68 bits per heavy atom. The minimum absolute atomic E-state index is 0. The molecule has 0 aliphatic rings. The van der Waals surface area contributed by atoms with Crippen molar-refractivity contribution in [2.45, 2.75) is 26.4 Å². The van der Waals surface area contributed by atoms with Crippen molar-refractivity contribution in [3.8, 4) is 0 Å². The first kappa shape index (κ1) is 24.5. The molecule has 0 amide bonds. The van der Waals surface area contributed by atoms with Crippen molar-refractivity contribution in [2.24, 2.45) is 4.99 Å². The van der Waals surface area contributed by atoms with Crippen molar-refractivity contribution in [1.29, 1.82) is 0 Å². The molecule has 0 spiro atoms. The molecular formula is C19H29F3IN5. The Balaban J connectivity index is 0.00000392. The van der Waals surface area contributed by atoms with E-state index in [2.05, 4.69) is 39.7 Å². The van der Waals surface area contributed by atoms with Gasteiger partial charge in [-0.15, -0.1) is 24.0 Å². The summed E-state index contributed by atoms with van der Waals surface area (Å²) in [5, 5.41) is 7.62. The minimum atomic E-state index is -4.18. The van der Waals surface area contributed by atoms with E-state index in [4.69, 9.17) is 0 Å². The van der Waals surface area contributed by atoms with Gasteiger partial charge in [-0.2, -0.15) is 13.2 Å². The first-order chi connectivity index (χ1) is 12.8. The van der Waals surface area contributed by atoms with E-state index in [-0.39, 0.29) is 30.5 Å². The largest absolute Gasteiger partial charge is 0.401 e. The molecule has 0 aliphatic heterocycles. The van der Waals surface area contributed by atoms with Gasteiger partial charge in [-0.25, -0.2) is 0 Å². The summed E-state index contributed by atoms with van der Waals surface area (Å²) >= 11 is 0. The van der Waals surface area contributed by atoms with Gasteiger partial charge in [0.25, 0.3) is 0 Å². The number of nitrogens with one attached hydrogen (secondary N) is 3. The third-order valence-electron chi connectivity index (χ3n) is 4.23. The van der Waals surface area contributed by atoms with Gasteiger partial charge in [-0.05, 0) is 44.5 Å². The van der Waals surface area contributed by atoms with E-state index in [0.29, 0.717) is 25.6 Å². The summed E-state index contributed by atoms with van der Waals surface area (Å²) in [6.45, 7) is 5.05. The van der Waals surface area contributed by atoms with Gasteiger partial charge in [0.05, 0.1) is 13.1 Å². The van der Waals surface area contributed by atoms with Crippen LogP contribution in [0.1, 0.15) is 18.1 Å². The highest BCUT2D eigenvalue weighted by atomic mass is 127. The lowest BCUT2D eigenvalue weighted by Crippen LogP contribution is -2.39. The number of aromatic amines is 1. The number of guanidine groups is 1. The molecule has 0 saturated heterocycles. The van der Waals surface area contributed by atoms with E-state index in [1.807, 2.05) is 19.2 Å². The van der Waals surface area contributed by atoms with Crippen LogP contribution in [0.3, 0.4) is 0 Å². The molecule has 9 heteroatoms. The lowest BCUT2D eigenvalue weighted by atomic mass is 10.1. The van der Waals surface area contributed by atoms with Crippen LogP contribution in [0, 0.1) is 6.92 Å². The zero-order valence-electron chi connectivity index (χ0n) is 16.5. The van der Waals surface area contributed by atoms with Gasteiger partial charge >= 0.3 is 6.18 Å². The molecule has 3 N–H and O–H groups in total. The maximum atomic E-state index is 12.3. The monoisotopic (exact) mass is 511 g/mol. The number of aryl methyl sites for hydroxylation is 1. The van der Waals surface area contributed by atoms with Gasteiger partial charge in [0.15, 0.2) is 5.96 Å². The Morgan fingerprint density at radius 1 is 1.25 bits per heavy atom. The normalized spacial score (nSPS) is 12.3. The first-order valence-corrected chi connectivity index (χ1v) is 9.13. The molecule has 0 saturated carbocycles. The number of hydrogen-bond acceptors (Lipinski definition) is 2. The van der Waals surface area contributed by atoms with Crippen molar-refractivity contribution < 1.29 is 13.2 Å². The summed E-state index contributed by atoms with van der Waals surface area (Å²) in [6, 6.07) is 6.18. The van der Waals surface area contributed by atoms with Crippen molar-refractivity contribution in [2.75, 3.05) is 39.8 Å². The Morgan fingerprint density at radius 2 is 2.00 bits per heavy atom. The van der Waals surface area contributed by atoms with Gasteiger partial charge < -0.3 is 15.6 Å². The second-order valence-electron chi connectivity index (χ2n) is 6.60. The first-order valence-electron chi connectivity index (χ1n) is 9.13. The number of H-pyrrole nitrogens is 1. The minimum Gasteiger partial charge on any atom is -0.361 e. The molecular weight excluding hydrogens is 482 g/mol. The number of fused-ring (bicyclic) bond motifs is 1. The van der Waals surface area contributed by atoms with Crippen LogP contribution in [0.5, 0.6) is 0 Å². The van der Waals surface area contributed by atoms with E-state index >= 15 is 0 Å². The fourth-order valence-electron chi connectivity index (χ4n) is 3.02. The van der Waals surface area contributed by atoms with E-state index < -0.39 is 12.7 Å². The quantitative estimate of drug-likeness (QED) is 0.288. The lowest BCUT2D eigenvalue weighted by molar-refractivity contribution is -0.142. The number of aromatic nitrogens is 1. The smallest absolute Gasteiger partial charge is 0.361 e. The average molecular weight is 511 g/mol. The van der Waals surface area contributed by atoms with E-state index in [1.54, 1.807) is 0 Å². The van der Waals surface area contributed by atoms with Crippen LogP contribution < -0.4 is 10.6 Å². The van der Waals surface area contributed by atoms with Gasteiger partial charge in [-0.1, -0.05) is 12.1 Å². The lowest BCUT2D eigenvalue weighted by Gasteiger charge is -2.17. The summed E-state index contributed by atoms with van der Waals surface area (Å²) < 4.78 is 37.0. The number of halogens is 4. The third kappa shape index (κ3) is 7.86. The van der Waals surface area contributed by atoms with E-state index in [9.17, 15) is 13.2 Å². The Bertz CT molecular complexity index is 758. The van der Waals surface area contributed by atoms with Gasteiger partial charge in [0, 0.05) is 36.7 Å². The molecule has 1 aromatic carbocycles. The molecule has 0 bridgehead atoms. The van der Waals surface area contributed by atoms with E-state index in [0.717, 1.165) is 11.9 Å². The molecule has 0 atom stereocenters. The number of hydrogen-bond donors (Lipinski definition) is 3. The highest BCUT2D eigenvalue weighted by Crippen LogP contribution is 2.22.